The van der Waals surface area contributed by atoms with Crippen molar-refractivity contribution >= 4 is 12.0 Å². The van der Waals surface area contributed by atoms with Gasteiger partial charge in [0.15, 0.2) is 0 Å². The number of benzene rings is 1. The third kappa shape index (κ3) is 6.40. The highest BCUT2D eigenvalue weighted by Crippen LogP contribution is 2.24. The first-order chi connectivity index (χ1) is 12.0. The van der Waals surface area contributed by atoms with E-state index in [0.717, 1.165) is 19.3 Å². The van der Waals surface area contributed by atoms with Crippen molar-refractivity contribution in [3.63, 3.8) is 0 Å². The number of carbonyl (C=O) groups excluding carboxylic acids is 1. The van der Waals surface area contributed by atoms with E-state index in [-0.39, 0.29) is 18.0 Å². The summed E-state index contributed by atoms with van der Waals surface area (Å²) in [5.41, 5.74) is 1.29. The van der Waals surface area contributed by atoms with Crippen LogP contribution in [0.5, 0.6) is 0 Å². The van der Waals surface area contributed by atoms with Gasteiger partial charge in [-0.25, -0.2) is 4.79 Å². The molecule has 0 spiro atoms. The SMILES string of the molecule is CC(C)C(CNC(=O)NC1CCC(C(=O)O)CC1)Cc1ccccc1. The van der Waals surface area contributed by atoms with Gasteiger partial charge in [0, 0.05) is 12.6 Å². The molecular weight excluding hydrogens is 316 g/mol. The molecule has 1 saturated carbocycles. The Morgan fingerprint density at radius 2 is 1.76 bits per heavy atom. The molecule has 5 heteroatoms. The molecule has 2 rings (SSSR count). The monoisotopic (exact) mass is 346 g/mol. The molecule has 0 bridgehead atoms. The van der Waals surface area contributed by atoms with Crippen molar-refractivity contribution in [2.45, 2.75) is 52.0 Å². The van der Waals surface area contributed by atoms with E-state index >= 15 is 0 Å². The van der Waals surface area contributed by atoms with E-state index in [0.29, 0.717) is 31.2 Å². The van der Waals surface area contributed by atoms with Crippen LogP contribution in [0.3, 0.4) is 0 Å². The van der Waals surface area contributed by atoms with Gasteiger partial charge in [-0.05, 0) is 49.5 Å². The topological polar surface area (TPSA) is 78.4 Å². The molecule has 1 atom stereocenters. The Labute approximate surface area is 150 Å². The predicted molar refractivity (Wildman–Crippen MR) is 98.4 cm³/mol. The van der Waals surface area contributed by atoms with Gasteiger partial charge in [-0.2, -0.15) is 0 Å². The second kappa shape index (κ2) is 9.44. The minimum Gasteiger partial charge on any atom is -0.481 e. The van der Waals surface area contributed by atoms with E-state index in [1.54, 1.807) is 0 Å². The number of urea groups is 1. The van der Waals surface area contributed by atoms with Gasteiger partial charge in [0.05, 0.1) is 5.92 Å². The van der Waals surface area contributed by atoms with Gasteiger partial charge in [0.1, 0.15) is 0 Å². The normalized spacial score (nSPS) is 21.6. The van der Waals surface area contributed by atoms with Gasteiger partial charge in [-0.15, -0.1) is 0 Å². The predicted octanol–water partition coefficient (Wildman–Crippen LogP) is 3.44. The Kier molecular flexibility index (Phi) is 7.29. The smallest absolute Gasteiger partial charge is 0.315 e. The fourth-order valence-electron chi connectivity index (χ4n) is 3.41. The van der Waals surface area contributed by atoms with E-state index in [9.17, 15) is 9.59 Å². The number of rotatable bonds is 7. The highest BCUT2D eigenvalue weighted by molar-refractivity contribution is 5.74. The van der Waals surface area contributed by atoms with Crippen LogP contribution in [0, 0.1) is 17.8 Å². The van der Waals surface area contributed by atoms with Crippen molar-refractivity contribution in [3.8, 4) is 0 Å². The van der Waals surface area contributed by atoms with Crippen molar-refractivity contribution in [2.24, 2.45) is 17.8 Å². The molecular formula is C20H30N2O3. The van der Waals surface area contributed by atoms with E-state index in [1.165, 1.54) is 5.56 Å². The van der Waals surface area contributed by atoms with Gasteiger partial charge in [-0.3, -0.25) is 4.79 Å². The molecule has 2 amide bonds. The Hall–Kier alpha value is -2.04. The van der Waals surface area contributed by atoms with Gasteiger partial charge in [-0.1, -0.05) is 44.2 Å². The molecule has 0 aromatic heterocycles. The van der Waals surface area contributed by atoms with E-state index in [1.807, 2.05) is 18.2 Å². The lowest BCUT2D eigenvalue weighted by Gasteiger charge is -2.27. The first kappa shape index (κ1) is 19.3. The van der Waals surface area contributed by atoms with Crippen LogP contribution in [0.1, 0.15) is 45.1 Å². The van der Waals surface area contributed by atoms with Gasteiger partial charge >= 0.3 is 12.0 Å². The summed E-state index contributed by atoms with van der Waals surface area (Å²) >= 11 is 0. The highest BCUT2D eigenvalue weighted by atomic mass is 16.4. The molecule has 5 nitrogen and oxygen atoms in total. The molecule has 1 aromatic rings. The summed E-state index contributed by atoms with van der Waals surface area (Å²) in [6.07, 6.45) is 3.71. The maximum absolute atomic E-state index is 12.2. The lowest BCUT2D eigenvalue weighted by molar-refractivity contribution is -0.142. The van der Waals surface area contributed by atoms with Crippen LogP contribution in [-0.2, 0) is 11.2 Å². The number of carboxylic acid groups (broad SMARTS) is 1. The van der Waals surface area contributed by atoms with Crippen LogP contribution < -0.4 is 10.6 Å². The minimum atomic E-state index is -0.719. The maximum Gasteiger partial charge on any atom is 0.315 e. The molecule has 138 valence electrons. The summed E-state index contributed by atoms with van der Waals surface area (Å²) in [5.74, 6) is -0.108. The molecule has 0 radical (unpaired) electrons. The highest BCUT2D eigenvalue weighted by Gasteiger charge is 2.26. The first-order valence-corrected chi connectivity index (χ1v) is 9.26. The number of carbonyl (C=O) groups is 2. The van der Waals surface area contributed by atoms with E-state index in [4.69, 9.17) is 5.11 Å². The molecule has 1 unspecified atom stereocenters. The lowest BCUT2D eigenvalue weighted by atomic mass is 9.86. The van der Waals surface area contributed by atoms with Crippen LogP contribution in [-0.4, -0.2) is 29.7 Å². The number of hydrogen-bond donors (Lipinski definition) is 3. The average molecular weight is 346 g/mol. The summed E-state index contributed by atoms with van der Waals surface area (Å²) in [6, 6.07) is 10.3. The zero-order valence-corrected chi connectivity index (χ0v) is 15.2. The summed E-state index contributed by atoms with van der Waals surface area (Å²) < 4.78 is 0. The summed E-state index contributed by atoms with van der Waals surface area (Å²) in [6.45, 7) is 5.00. The lowest BCUT2D eigenvalue weighted by Crippen LogP contribution is -2.46. The van der Waals surface area contributed by atoms with Crippen molar-refractivity contribution in [1.29, 1.82) is 0 Å². The Morgan fingerprint density at radius 3 is 2.32 bits per heavy atom. The molecule has 1 aromatic carbocycles. The van der Waals surface area contributed by atoms with Crippen molar-refractivity contribution in [1.82, 2.24) is 10.6 Å². The second-order valence-corrected chi connectivity index (χ2v) is 7.43. The molecule has 25 heavy (non-hydrogen) atoms. The number of aliphatic carboxylic acids is 1. The maximum atomic E-state index is 12.2. The van der Waals surface area contributed by atoms with E-state index < -0.39 is 5.97 Å². The van der Waals surface area contributed by atoms with Crippen LogP contribution in [0.15, 0.2) is 30.3 Å². The molecule has 1 aliphatic rings. The fourth-order valence-corrected chi connectivity index (χ4v) is 3.41. The zero-order valence-electron chi connectivity index (χ0n) is 15.2. The summed E-state index contributed by atoms with van der Waals surface area (Å²) in [5, 5.41) is 15.0. The number of amides is 2. The van der Waals surface area contributed by atoms with Crippen LogP contribution in [0.25, 0.3) is 0 Å². The summed E-state index contributed by atoms with van der Waals surface area (Å²) in [4.78, 5) is 23.1. The Morgan fingerprint density at radius 1 is 1.12 bits per heavy atom. The minimum absolute atomic E-state index is 0.0854. The van der Waals surface area contributed by atoms with Gasteiger partial charge < -0.3 is 15.7 Å². The third-order valence-corrected chi connectivity index (χ3v) is 5.22. The molecule has 0 saturated heterocycles. The van der Waals surface area contributed by atoms with Crippen LogP contribution >= 0.6 is 0 Å². The molecule has 3 N–H and O–H groups in total. The molecule has 0 heterocycles. The quantitative estimate of drug-likeness (QED) is 0.707. The van der Waals surface area contributed by atoms with Crippen LogP contribution in [0.4, 0.5) is 4.79 Å². The molecule has 1 fully saturated rings. The number of carboxylic acids is 1. The summed E-state index contributed by atoms with van der Waals surface area (Å²) in [7, 11) is 0. The number of hydrogen-bond acceptors (Lipinski definition) is 2. The fraction of sp³-hybridized carbons (Fsp3) is 0.600. The van der Waals surface area contributed by atoms with Gasteiger partial charge in [0.25, 0.3) is 0 Å². The molecule has 1 aliphatic carbocycles. The first-order valence-electron chi connectivity index (χ1n) is 9.26. The van der Waals surface area contributed by atoms with Crippen molar-refractivity contribution in [3.05, 3.63) is 35.9 Å². The number of nitrogens with one attached hydrogen (secondary N) is 2. The van der Waals surface area contributed by atoms with E-state index in [2.05, 4.69) is 36.6 Å². The Bertz CT molecular complexity index is 551. The zero-order chi connectivity index (χ0) is 18.2. The second-order valence-electron chi connectivity index (χ2n) is 7.43. The van der Waals surface area contributed by atoms with Crippen molar-refractivity contribution in [2.75, 3.05) is 6.54 Å². The van der Waals surface area contributed by atoms with Crippen molar-refractivity contribution < 1.29 is 14.7 Å². The average Bonchev–Trinajstić information content (AvgIpc) is 2.59. The molecule has 0 aliphatic heterocycles. The van der Waals surface area contributed by atoms with Crippen LogP contribution in [0.2, 0.25) is 0 Å². The third-order valence-electron chi connectivity index (χ3n) is 5.22. The largest absolute Gasteiger partial charge is 0.481 e. The Balaban J connectivity index is 1.75. The van der Waals surface area contributed by atoms with Gasteiger partial charge in [0.2, 0.25) is 0 Å². The standard InChI is InChI=1S/C20H30N2O3/c1-14(2)17(12-15-6-4-3-5-7-15)13-21-20(25)22-18-10-8-16(9-11-18)19(23)24/h3-7,14,16-18H,8-13H2,1-2H3,(H,23,24)(H2,21,22,25).